The summed E-state index contributed by atoms with van der Waals surface area (Å²) < 4.78 is 0. The molecule has 0 saturated heterocycles. The molecule has 0 heterocycles. The third-order valence-electron chi connectivity index (χ3n) is 1.43. The van der Waals surface area contributed by atoms with Crippen LogP contribution >= 0.6 is 11.6 Å². The number of aryl methyl sites for hydroxylation is 2. The fourth-order valence-corrected chi connectivity index (χ4v) is 0.663. The lowest BCUT2D eigenvalue weighted by Gasteiger charge is -1.93. The molecular weight excluding hydrogens is 168 g/mol. The first kappa shape index (κ1) is 14.1. The molecule has 0 bridgehead atoms. The molecule has 0 saturated carbocycles. The van der Waals surface area contributed by atoms with Gasteiger partial charge in [-0.25, -0.2) is 0 Å². The van der Waals surface area contributed by atoms with Crippen LogP contribution in [0.1, 0.15) is 25.0 Å². The molecule has 0 radical (unpaired) electrons. The second kappa shape index (κ2) is 10.5. The highest BCUT2D eigenvalue weighted by Crippen LogP contribution is 2.02. The quantitative estimate of drug-likeness (QED) is 0.534. The summed E-state index contributed by atoms with van der Waals surface area (Å²) in [5, 5.41) is 0. The van der Waals surface area contributed by atoms with E-state index in [2.05, 4.69) is 49.7 Å². The monoisotopic (exact) mass is 186 g/mol. The molecule has 0 nitrogen and oxygen atoms in total. The van der Waals surface area contributed by atoms with Crippen LogP contribution in [0.4, 0.5) is 0 Å². The summed E-state index contributed by atoms with van der Waals surface area (Å²) in [5.74, 6) is 0. The molecule has 1 aromatic carbocycles. The summed E-state index contributed by atoms with van der Waals surface area (Å²) >= 11 is 4.64. The Morgan fingerprint density at radius 1 is 0.833 bits per heavy atom. The van der Waals surface area contributed by atoms with Crippen molar-refractivity contribution in [1.82, 2.24) is 0 Å². The lowest BCUT2D eigenvalue weighted by Crippen LogP contribution is -1.74. The zero-order chi connectivity index (χ0) is 9.98. The van der Waals surface area contributed by atoms with Gasteiger partial charge in [-0.1, -0.05) is 38.1 Å². The molecule has 0 spiro atoms. The molecule has 0 aliphatic rings. The number of hydrogen-bond acceptors (Lipinski definition) is 0. The Morgan fingerprint density at radius 3 is 1.25 bits per heavy atom. The van der Waals surface area contributed by atoms with E-state index < -0.39 is 0 Å². The largest absolute Gasteiger partial charge is 0.130 e. The van der Waals surface area contributed by atoms with E-state index in [1.54, 1.807) is 0 Å². The topological polar surface area (TPSA) is 0 Å². The minimum Gasteiger partial charge on any atom is -0.130 e. The van der Waals surface area contributed by atoms with Gasteiger partial charge in [-0.05, 0) is 25.0 Å². The van der Waals surface area contributed by atoms with Gasteiger partial charge in [-0.15, -0.1) is 11.6 Å². The standard InChI is InChI=1S/C8H10.C2H6.CH3Cl/c1-7-5-3-4-6-8(7)2;2*1-2/h3-6H,1-2H3;1-2H3;1H3. The van der Waals surface area contributed by atoms with Crippen molar-refractivity contribution in [3.8, 4) is 0 Å². The summed E-state index contributed by atoms with van der Waals surface area (Å²) in [5.41, 5.74) is 2.74. The molecule has 0 unspecified atom stereocenters. The van der Waals surface area contributed by atoms with Gasteiger partial charge in [-0.3, -0.25) is 0 Å². The highest BCUT2D eigenvalue weighted by atomic mass is 35.5. The maximum Gasteiger partial charge on any atom is 0.0108 e. The first-order valence-corrected chi connectivity index (χ1v) is 4.96. The minimum absolute atomic E-state index is 1.37. The van der Waals surface area contributed by atoms with Gasteiger partial charge in [0.15, 0.2) is 0 Å². The van der Waals surface area contributed by atoms with Crippen LogP contribution in [0.5, 0.6) is 0 Å². The van der Waals surface area contributed by atoms with Crippen LogP contribution in [0, 0.1) is 13.8 Å². The number of benzene rings is 1. The highest BCUT2D eigenvalue weighted by Gasteiger charge is 1.83. The van der Waals surface area contributed by atoms with E-state index in [4.69, 9.17) is 0 Å². The van der Waals surface area contributed by atoms with Crippen molar-refractivity contribution in [1.29, 1.82) is 0 Å². The summed E-state index contributed by atoms with van der Waals surface area (Å²) in [6.45, 7) is 8.24. The van der Waals surface area contributed by atoms with Gasteiger partial charge in [0.05, 0.1) is 0 Å². The molecule has 12 heavy (non-hydrogen) atoms. The van der Waals surface area contributed by atoms with Crippen LogP contribution in [-0.4, -0.2) is 6.38 Å². The van der Waals surface area contributed by atoms with Gasteiger partial charge in [0.1, 0.15) is 0 Å². The van der Waals surface area contributed by atoms with Crippen molar-refractivity contribution < 1.29 is 0 Å². The first-order chi connectivity index (χ1) is 5.80. The second-order valence-electron chi connectivity index (χ2n) is 2.08. The molecule has 70 valence electrons. The predicted molar refractivity (Wildman–Crippen MR) is 59.0 cm³/mol. The molecular formula is C11H19Cl. The predicted octanol–water partition coefficient (Wildman–Crippen LogP) is 4.18. The minimum atomic E-state index is 1.37. The molecule has 0 aromatic heterocycles. The molecule has 1 heteroatoms. The Morgan fingerprint density at radius 2 is 1.08 bits per heavy atom. The van der Waals surface area contributed by atoms with E-state index in [1.807, 2.05) is 13.8 Å². The Hall–Kier alpha value is -0.490. The molecule has 1 rings (SSSR count). The molecule has 1 aromatic rings. The Balaban J connectivity index is 0. The lowest BCUT2D eigenvalue weighted by atomic mass is 10.1. The van der Waals surface area contributed by atoms with Crippen LogP contribution in [0.15, 0.2) is 24.3 Å². The van der Waals surface area contributed by atoms with Crippen LogP contribution in [-0.2, 0) is 0 Å². The van der Waals surface area contributed by atoms with Gasteiger partial charge >= 0.3 is 0 Å². The Kier molecular flexibility index (Phi) is 12.3. The van der Waals surface area contributed by atoms with E-state index in [0.29, 0.717) is 0 Å². The van der Waals surface area contributed by atoms with E-state index in [1.165, 1.54) is 17.5 Å². The van der Waals surface area contributed by atoms with Crippen molar-refractivity contribution in [2.75, 3.05) is 6.38 Å². The third-order valence-corrected chi connectivity index (χ3v) is 1.43. The SMILES string of the molecule is CC.CCl.Cc1ccccc1C. The maximum atomic E-state index is 4.64. The van der Waals surface area contributed by atoms with E-state index in [0.717, 1.165) is 0 Å². The molecule has 0 atom stereocenters. The van der Waals surface area contributed by atoms with Gasteiger partial charge in [0, 0.05) is 6.38 Å². The van der Waals surface area contributed by atoms with Crippen molar-refractivity contribution >= 4 is 11.6 Å². The molecule has 0 aliphatic heterocycles. The van der Waals surface area contributed by atoms with E-state index in [-0.39, 0.29) is 0 Å². The van der Waals surface area contributed by atoms with E-state index >= 15 is 0 Å². The maximum absolute atomic E-state index is 4.64. The number of rotatable bonds is 0. The lowest BCUT2D eigenvalue weighted by molar-refractivity contribution is 1.34. The normalized spacial score (nSPS) is 7.17. The van der Waals surface area contributed by atoms with Crippen molar-refractivity contribution in [2.24, 2.45) is 0 Å². The Bertz CT molecular complexity index is 161. The first-order valence-electron chi connectivity index (χ1n) is 4.21. The van der Waals surface area contributed by atoms with Gasteiger partial charge in [0.2, 0.25) is 0 Å². The van der Waals surface area contributed by atoms with Gasteiger partial charge < -0.3 is 0 Å². The zero-order valence-corrected chi connectivity index (χ0v) is 9.44. The smallest absolute Gasteiger partial charge is 0.0108 e. The highest BCUT2D eigenvalue weighted by molar-refractivity contribution is 6.15. The van der Waals surface area contributed by atoms with Crippen LogP contribution < -0.4 is 0 Å². The fourth-order valence-electron chi connectivity index (χ4n) is 0.663. The Labute approximate surface area is 81.6 Å². The van der Waals surface area contributed by atoms with Crippen LogP contribution in [0.2, 0.25) is 0 Å². The number of halogens is 1. The van der Waals surface area contributed by atoms with Crippen LogP contribution in [0.25, 0.3) is 0 Å². The van der Waals surface area contributed by atoms with Crippen LogP contribution in [0.3, 0.4) is 0 Å². The zero-order valence-electron chi connectivity index (χ0n) is 8.69. The summed E-state index contributed by atoms with van der Waals surface area (Å²) in [4.78, 5) is 0. The summed E-state index contributed by atoms with van der Waals surface area (Å²) in [6.07, 6.45) is 1.47. The summed E-state index contributed by atoms with van der Waals surface area (Å²) in [6, 6.07) is 8.36. The number of hydrogen-bond donors (Lipinski definition) is 0. The van der Waals surface area contributed by atoms with Gasteiger partial charge in [-0.2, -0.15) is 0 Å². The average Bonchev–Trinajstić information content (AvgIpc) is 2.17. The molecule has 0 amide bonds. The molecule has 0 N–H and O–H groups in total. The van der Waals surface area contributed by atoms with Crippen molar-refractivity contribution in [3.63, 3.8) is 0 Å². The summed E-state index contributed by atoms with van der Waals surface area (Å²) in [7, 11) is 0. The van der Waals surface area contributed by atoms with Gasteiger partial charge in [0.25, 0.3) is 0 Å². The van der Waals surface area contributed by atoms with Crippen molar-refractivity contribution in [2.45, 2.75) is 27.7 Å². The molecule has 0 fully saturated rings. The van der Waals surface area contributed by atoms with E-state index in [9.17, 15) is 0 Å². The average molecular weight is 187 g/mol. The fraction of sp³-hybridized carbons (Fsp3) is 0.455. The van der Waals surface area contributed by atoms with Crippen molar-refractivity contribution in [3.05, 3.63) is 35.4 Å². The second-order valence-corrected chi connectivity index (χ2v) is 2.08. The molecule has 0 aliphatic carbocycles. The number of alkyl halides is 1. The third kappa shape index (κ3) is 6.23.